The molecule has 1 aromatic carbocycles. The fourth-order valence-corrected chi connectivity index (χ4v) is 3.24. The van der Waals surface area contributed by atoms with Crippen LogP contribution in [0.1, 0.15) is 25.7 Å². The maximum Gasteiger partial charge on any atom is 0.343 e. The molecule has 0 unspecified atom stereocenters. The molecule has 134 valence electrons. The van der Waals surface area contributed by atoms with Gasteiger partial charge in [0, 0.05) is 28.5 Å². The van der Waals surface area contributed by atoms with E-state index in [2.05, 4.69) is 15.3 Å². The first-order valence-electron chi connectivity index (χ1n) is 7.46. The van der Waals surface area contributed by atoms with Crippen molar-refractivity contribution in [2.75, 3.05) is 14.2 Å². The minimum absolute atomic E-state index is 0.138. The highest BCUT2D eigenvalue weighted by molar-refractivity contribution is 7.11. The molecule has 0 aliphatic heterocycles. The molecule has 0 aliphatic rings. The van der Waals surface area contributed by atoms with E-state index in [-0.39, 0.29) is 23.9 Å². The zero-order valence-electron chi connectivity index (χ0n) is 13.9. The van der Waals surface area contributed by atoms with Gasteiger partial charge in [-0.2, -0.15) is 0 Å². The van der Waals surface area contributed by atoms with Crippen LogP contribution < -0.4 is 10.1 Å². The zero-order valence-corrected chi connectivity index (χ0v) is 15.5. The lowest BCUT2D eigenvalue weighted by atomic mass is 10.1. The first kappa shape index (κ1) is 18.1. The van der Waals surface area contributed by atoms with Gasteiger partial charge in [0.2, 0.25) is 5.88 Å². The number of halogens is 1. The standard InChI is InChI=1S/C17H14ClN3O4S/c1-24-15-12(17(23)25-2)7-9-5-11(18)6-10(13(9)21-15)8-20-14(22)16-19-3-4-26-16/h3-7H,8H2,1-2H3,(H,20,22). The number of nitrogens with one attached hydrogen (secondary N) is 1. The summed E-state index contributed by atoms with van der Waals surface area (Å²) in [6, 6.07) is 4.99. The Balaban J connectivity index is 1.99. The van der Waals surface area contributed by atoms with E-state index in [1.165, 1.54) is 25.6 Å². The van der Waals surface area contributed by atoms with Crippen molar-refractivity contribution in [2.45, 2.75) is 6.54 Å². The summed E-state index contributed by atoms with van der Waals surface area (Å²) < 4.78 is 9.96. The highest BCUT2D eigenvalue weighted by atomic mass is 35.5. The molecule has 0 aliphatic carbocycles. The molecule has 0 spiro atoms. The van der Waals surface area contributed by atoms with Crippen LogP contribution in [0.15, 0.2) is 29.8 Å². The second-order valence-corrected chi connectivity index (χ2v) is 6.52. The summed E-state index contributed by atoms with van der Waals surface area (Å²) in [5.41, 5.74) is 1.45. The van der Waals surface area contributed by atoms with Gasteiger partial charge in [0.25, 0.3) is 5.91 Å². The maximum atomic E-state index is 12.1. The molecule has 0 saturated carbocycles. The Morgan fingerprint density at radius 2 is 2.08 bits per heavy atom. The summed E-state index contributed by atoms with van der Waals surface area (Å²) in [5.74, 6) is -0.708. The highest BCUT2D eigenvalue weighted by Gasteiger charge is 2.18. The van der Waals surface area contributed by atoms with Gasteiger partial charge in [-0.1, -0.05) is 11.6 Å². The number of carbonyl (C=O) groups excluding carboxylic acids is 2. The Bertz CT molecular complexity index is 976. The lowest BCUT2D eigenvalue weighted by Crippen LogP contribution is -2.22. The molecular weight excluding hydrogens is 378 g/mol. The van der Waals surface area contributed by atoms with E-state index in [1.54, 1.807) is 29.8 Å². The van der Waals surface area contributed by atoms with Crippen molar-refractivity contribution >= 4 is 45.7 Å². The van der Waals surface area contributed by atoms with Crippen molar-refractivity contribution in [1.29, 1.82) is 0 Å². The van der Waals surface area contributed by atoms with Gasteiger partial charge in [-0.25, -0.2) is 14.8 Å². The number of carbonyl (C=O) groups is 2. The summed E-state index contributed by atoms with van der Waals surface area (Å²) in [6.07, 6.45) is 1.56. The highest BCUT2D eigenvalue weighted by Crippen LogP contribution is 2.28. The molecule has 1 amide bonds. The van der Waals surface area contributed by atoms with E-state index in [0.717, 1.165) is 0 Å². The molecule has 1 N–H and O–H groups in total. The molecule has 7 nitrogen and oxygen atoms in total. The number of rotatable bonds is 5. The summed E-state index contributed by atoms with van der Waals surface area (Å²) in [7, 11) is 2.70. The molecule has 3 rings (SSSR count). The van der Waals surface area contributed by atoms with Crippen molar-refractivity contribution in [3.63, 3.8) is 0 Å². The summed E-state index contributed by atoms with van der Waals surface area (Å²) >= 11 is 7.43. The van der Waals surface area contributed by atoms with Gasteiger partial charge < -0.3 is 14.8 Å². The Labute approximate surface area is 157 Å². The van der Waals surface area contributed by atoms with Crippen LogP contribution in [0.5, 0.6) is 5.88 Å². The summed E-state index contributed by atoms with van der Waals surface area (Å²) in [6.45, 7) is 0.198. The summed E-state index contributed by atoms with van der Waals surface area (Å²) in [5, 5.41) is 5.98. The van der Waals surface area contributed by atoms with Crippen LogP contribution in [0.2, 0.25) is 5.02 Å². The van der Waals surface area contributed by atoms with Gasteiger partial charge in [-0.15, -0.1) is 11.3 Å². The molecule has 0 bridgehead atoms. The minimum Gasteiger partial charge on any atom is -0.480 e. The van der Waals surface area contributed by atoms with Crippen LogP contribution in [0.4, 0.5) is 0 Å². The van der Waals surface area contributed by atoms with E-state index in [1.807, 2.05) is 0 Å². The first-order valence-corrected chi connectivity index (χ1v) is 8.72. The van der Waals surface area contributed by atoms with Gasteiger partial charge in [-0.05, 0) is 23.8 Å². The van der Waals surface area contributed by atoms with Gasteiger partial charge in [-0.3, -0.25) is 4.79 Å². The second kappa shape index (κ2) is 7.67. The van der Waals surface area contributed by atoms with Crippen molar-refractivity contribution in [3.8, 4) is 5.88 Å². The summed E-state index contributed by atoms with van der Waals surface area (Å²) in [4.78, 5) is 32.4. The Morgan fingerprint density at radius 1 is 1.27 bits per heavy atom. The molecule has 0 fully saturated rings. The van der Waals surface area contributed by atoms with Crippen LogP contribution in [-0.2, 0) is 11.3 Å². The minimum atomic E-state index is -0.560. The lowest BCUT2D eigenvalue weighted by Gasteiger charge is -2.12. The molecule has 0 radical (unpaired) electrons. The topological polar surface area (TPSA) is 90.4 Å². The molecule has 2 heterocycles. The number of pyridine rings is 1. The normalized spacial score (nSPS) is 10.6. The van der Waals surface area contributed by atoms with Crippen LogP contribution in [-0.4, -0.2) is 36.1 Å². The third-order valence-corrected chi connectivity index (χ3v) is 4.58. The number of hydrogen-bond acceptors (Lipinski definition) is 7. The molecular formula is C17H14ClN3O4S. The van der Waals surface area contributed by atoms with Gasteiger partial charge in [0.05, 0.1) is 19.7 Å². The number of aromatic nitrogens is 2. The number of fused-ring (bicyclic) bond motifs is 1. The molecule has 3 aromatic rings. The predicted octanol–water partition coefficient (Wildman–Crippen LogP) is 3.07. The average molecular weight is 392 g/mol. The van der Waals surface area contributed by atoms with Crippen molar-refractivity contribution in [1.82, 2.24) is 15.3 Å². The molecule has 9 heteroatoms. The third-order valence-electron chi connectivity index (χ3n) is 3.59. The molecule has 26 heavy (non-hydrogen) atoms. The fraction of sp³-hybridized carbons (Fsp3) is 0.176. The van der Waals surface area contributed by atoms with Crippen LogP contribution in [0.25, 0.3) is 10.9 Å². The first-order chi connectivity index (χ1) is 12.5. The second-order valence-electron chi connectivity index (χ2n) is 5.19. The number of amides is 1. The van der Waals surface area contributed by atoms with Gasteiger partial charge >= 0.3 is 5.97 Å². The number of hydrogen-bond donors (Lipinski definition) is 1. The fourth-order valence-electron chi connectivity index (χ4n) is 2.44. The van der Waals surface area contributed by atoms with Crippen molar-refractivity contribution in [3.05, 3.63) is 50.9 Å². The SMILES string of the molecule is COC(=O)c1cc2cc(Cl)cc(CNC(=O)c3nccs3)c2nc1OC. The van der Waals surface area contributed by atoms with Gasteiger partial charge in [0.15, 0.2) is 5.01 Å². The predicted molar refractivity (Wildman–Crippen MR) is 97.9 cm³/mol. The third kappa shape index (κ3) is 3.61. The number of thiazole rings is 1. The van der Waals surface area contributed by atoms with E-state index >= 15 is 0 Å². The van der Waals surface area contributed by atoms with Gasteiger partial charge in [0.1, 0.15) is 5.56 Å². The zero-order chi connectivity index (χ0) is 18.7. The van der Waals surface area contributed by atoms with E-state index < -0.39 is 5.97 Å². The van der Waals surface area contributed by atoms with Crippen LogP contribution >= 0.6 is 22.9 Å². The number of ether oxygens (including phenoxy) is 2. The quantitative estimate of drug-likeness (QED) is 0.672. The van der Waals surface area contributed by atoms with Crippen LogP contribution in [0, 0.1) is 0 Å². The Morgan fingerprint density at radius 3 is 2.73 bits per heavy atom. The smallest absolute Gasteiger partial charge is 0.343 e. The van der Waals surface area contributed by atoms with E-state index in [9.17, 15) is 9.59 Å². The number of nitrogens with zero attached hydrogens (tertiary/aromatic N) is 2. The number of benzene rings is 1. The maximum absolute atomic E-state index is 12.1. The van der Waals surface area contributed by atoms with E-state index in [4.69, 9.17) is 21.1 Å². The van der Waals surface area contributed by atoms with E-state index in [0.29, 0.717) is 26.5 Å². The average Bonchev–Trinajstić information content (AvgIpc) is 3.18. The Hall–Kier alpha value is -2.71. The van der Waals surface area contributed by atoms with Crippen LogP contribution in [0.3, 0.4) is 0 Å². The lowest BCUT2D eigenvalue weighted by molar-refractivity contribution is 0.0596. The number of methoxy groups -OCH3 is 2. The number of esters is 1. The molecule has 0 saturated heterocycles. The molecule has 2 aromatic heterocycles. The monoisotopic (exact) mass is 391 g/mol. The largest absolute Gasteiger partial charge is 0.480 e. The molecule has 0 atom stereocenters. The Kier molecular flexibility index (Phi) is 5.34. The van der Waals surface area contributed by atoms with Crippen molar-refractivity contribution in [2.24, 2.45) is 0 Å². The van der Waals surface area contributed by atoms with Crippen molar-refractivity contribution < 1.29 is 19.1 Å².